The van der Waals surface area contributed by atoms with Crippen LogP contribution < -0.4 is 9.50 Å². The number of carbonyl (C=O) groups excluding carboxylic acids is 1. The van der Waals surface area contributed by atoms with E-state index in [9.17, 15) is 13.2 Å². The summed E-state index contributed by atoms with van der Waals surface area (Å²) < 4.78 is 31.6. The van der Waals surface area contributed by atoms with Crippen molar-refractivity contribution in [3.8, 4) is 5.75 Å². The molecule has 0 radical (unpaired) electrons. The van der Waals surface area contributed by atoms with E-state index in [4.69, 9.17) is 4.18 Å². The summed E-state index contributed by atoms with van der Waals surface area (Å²) in [6, 6.07) is 17.4. The molecular weight excluding hydrogens is 604 g/mol. The number of hydrogen-bond donors (Lipinski definition) is 1. The van der Waals surface area contributed by atoms with Crippen molar-refractivity contribution in [1.82, 2.24) is 5.32 Å². The highest BCUT2D eigenvalue weighted by Gasteiger charge is 2.25. The Morgan fingerprint density at radius 3 is 2.09 bits per heavy atom. The van der Waals surface area contributed by atoms with Crippen LogP contribution in [0.15, 0.2) is 84.4 Å². The molecule has 1 fully saturated rings. The summed E-state index contributed by atoms with van der Waals surface area (Å²) in [5, 5.41) is 3.25. The van der Waals surface area contributed by atoms with Crippen molar-refractivity contribution in [3.05, 3.63) is 91.2 Å². The van der Waals surface area contributed by atoms with Crippen LogP contribution in [0.4, 0.5) is 5.69 Å². The zero-order valence-corrected chi connectivity index (χ0v) is 22.8. The van der Waals surface area contributed by atoms with Gasteiger partial charge >= 0.3 is 10.1 Å². The van der Waals surface area contributed by atoms with Crippen molar-refractivity contribution in [2.24, 2.45) is 4.99 Å². The normalized spacial score (nSPS) is 16.2. The summed E-state index contributed by atoms with van der Waals surface area (Å²) in [7, 11) is -4.02. The highest BCUT2D eigenvalue weighted by molar-refractivity contribution is 9.11. The van der Waals surface area contributed by atoms with Crippen LogP contribution in [0.3, 0.4) is 0 Å². The minimum atomic E-state index is -4.02. The molecule has 3 aromatic rings. The molecule has 1 saturated heterocycles. The molecule has 0 spiro atoms. The first-order valence-electron chi connectivity index (χ1n) is 9.97. The molecule has 4 rings (SSSR count). The lowest BCUT2D eigenvalue weighted by atomic mass is 10.2. The van der Waals surface area contributed by atoms with Crippen LogP contribution in [-0.2, 0) is 14.9 Å². The number of hydrogen-bond acceptors (Lipinski definition) is 6. The number of benzene rings is 3. The van der Waals surface area contributed by atoms with E-state index in [2.05, 4.69) is 42.2 Å². The number of amides is 1. The van der Waals surface area contributed by atoms with Crippen LogP contribution in [-0.4, -0.2) is 19.5 Å². The average Bonchev–Trinajstić information content (AvgIpc) is 3.11. The lowest BCUT2D eigenvalue weighted by Gasteiger charge is -2.11. The summed E-state index contributed by atoms with van der Waals surface area (Å²) in [5.74, 6) is -0.141. The maximum atomic E-state index is 12.7. The van der Waals surface area contributed by atoms with E-state index < -0.39 is 10.1 Å². The lowest BCUT2D eigenvalue weighted by molar-refractivity contribution is -0.115. The smallest absolute Gasteiger partial charge is 0.339 e. The fraction of sp³-hybridized carbons (Fsp3) is 0.0833. The van der Waals surface area contributed by atoms with Crippen LogP contribution in [0, 0.1) is 13.8 Å². The van der Waals surface area contributed by atoms with Gasteiger partial charge in [-0.15, -0.1) is 0 Å². The van der Waals surface area contributed by atoms with E-state index in [-0.39, 0.29) is 16.6 Å². The molecule has 0 atom stereocenters. The topological polar surface area (TPSA) is 84.8 Å². The summed E-state index contributed by atoms with van der Waals surface area (Å²) >= 11 is 7.99. The fourth-order valence-electron chi connectivity index (χ4n) is 2.97. The Kier molecular flexibility index (Phi) is 7.32. The van der Waals surface area contributed by atoms with Gasteiger partial charge in [-0.2, -0.15) is 8.42 Å². The zero-order chi connectivity index (χ0) is 24.5. The van der Waals surface area contributed by atoms with Crippen molar-refractivity contribution >= 4 is 76.6 Å². The van der Waals surface area contributed by atoms with Crippen molar-refractivity contribution < 1.29 is 17.4 Å². The van der Waals surface area contributed by atoms with Crippen molar-refractivity contribution in [3.63, 3.8) is 0 Å². The highest BCUT2D eigenvalue weighted by atomic mass is 79.9. The Morgan fingerprint density at radius 2 is 1.50 bits per heavy atom. The molecule has 0 aliphatic carbocycles. The van der Waals surface area contributed by atoms with E-state index in [0.29, 0.717) is 24.6 Å². The third kappa shape index (κ3) is 5.80. The second-order valence-corrected chi connectivity index (χ2v) is 11.8. The molecule has 0 aromatic heterocycles. The molecule has 0 bridgehead atoms. The molecule has 0 saturated carbocycles. The van der Waals surface area contributed by atoms with E-state index >= 15 is 0 Å². The van der Waals surface area contributed by atoms with E-state index in [1.54, 1.807) is 30.3 Å². The number of aliphatic imine (C=N–C) groups is 1. The fourth-order valence-corrected chi connectivity index (χ4v) is 6.38. The quantitative estimate of drug-likeness (QED) is 0.260. The van der Waals surface area contributed by atoms with Crippen molar-refractivity contribution in [1.29, 1.82) is 0 Å². The Balaban J connectivity index is 1.56. The number of nitrogens with zero attached hydrogens (tertiary/aromatic N) is 1. The lowest BCUT2D eigenvalue weighted by Crippen LogP contribution is -2.19. The van der Waals surface area contributed by atoms with Gasteiger partial charge in [0.15, 0.2) is 10.9 Å². The second kappa shape index (κ2) is 10.1. The van der Waals surface area contributed by atoms with Crippen LogP contribution >= 0.6 is 43.6 Å². The molecule has 1 heterocycles. The first-order chi connectivity index (χ1) is 16.1. The molecule has 1 amide bonds. The van der Waals surface area contributed by atoms with E-state index in [1.807, 2.05) is 38.1 Å². The maximum Gasteiger partial charge on any atom is 0.339 e. The summed E-state index contributed by atoms with van der Waals surface area (Å²) in [4.78, 5) is 17.4. The van der Waals surface area contributed by atoms with Gasteiger partial charge < -0.3 is 9.50 Å². The van der Waals surface area contributed by atoms with Crippen molar-refractivity contribution in [2.75, 3.05) is 0 Å². The number of aryl methyl sites for hydroxylation is 2. The molecule has 6 nitrogen and oxygen atoms in total. The van der Waals surface area contributed by atoms with Gasteiger partial charge in [0.05, 0.1) is 19.5 Å². The van der Waals surface area contributed by atoms with Crippen LogP contribution in [0.25, 0.3) is 6.08 Å². The van der Waals surface area contributed by atoms with Crippen LogP contribution in [0.1, 0.15) is 16.7 Å². The van der Waals surface area contributed by atoms with Gasteiger partial charge in [0, 0.05) is 0 Å². The van der Waals surface area contributed by atoms with Gasteiger partial charge in [0.25, 0.3) is 5.91 Å². The third-order valence-electron chi connectivity index (χ3n) is 4.74. The predicted molar refractivity (Wildman–Crippen MR) is 143 cm³/mol. The van der Waals surface area contributed by atoms with Gasteiger partial charge in [0.1, 0.15) is 4.90 Å². The molecular formula is C24H18Br2N2O4S2. The number of nitrogens with one attached hydrogen (secondary N) is 1. The van der Waals surface area contributed by atoms with Gasteiger partial charge in [-0.25, -0.2) is 4.99 Å². The van der Waals surface area contributed by atoms with E-state index in [1.165, 1.54) is 23.9 Å². The molecule has 1 aliphatic rings. The Labute approximate surface area is 218 Å². The Morgan fingerprint density at radius 1 is 0.941 bits per heavy atom. The summed E-state index contributed by atoms with van der Waals surface area (Å²) in [5.41, 5.74) is 3.49. The number of carbonyl (C=O) groups is 1. The van der Waals surface area contributed by atoms with E-state index in [0.717, 1.165) is 16.8 Å². The zero-order valence-electron chi connectivity index (χ0n) is 18.0. The van der Waals surface area contributed by atoms with Crippen molar-refractivity contribution in [2.45, 2.75) is 18.7 Å². The molecule has 1 aliphatic heterocycles. The van der Waals surface area contributed by atoms with Crippen LogP contribution in [0.5, 0.6) is 5.75 Å². The monoisotopic (exact) mass is 620 g/mol. The number of rotatable bonds is 5. The molecule has 1 N–H and O–H groups in total. The second-order valence-electron chi connectivity index (χ2n) is 7.48. The minimum absolute atomic E-state index is 0.0579. The largest absolute Gasteiger partial charge is 0.377 e. The SMILES string of the molecule is Cc1ccc(N=C2NC(=O)/C(=C/c3cc(Br)c(OS(=O)(=O)c4ccc(C)cc4)c(Br)c3)S2)cc1. The number of halogens is 2. The third-order valence-corrected chi connectivity index (χ3v) is 8.06. The van der Waals surface area contributed by atoms with Gasteiger partial charge in [-0.05, 0) is 106 Å². The standard InChI is InChI=1S/C24H18Br2N2O4S2/c1-14-3-7-17(8-4-14)27-24-28-23(29)21(33-24)13-16-11-19(25)22(20(26)12-16)32-34(30,31)18-9-5-15(2)6-10-18/h3-13H,1-2H3,(H,27,28,29)/b21-13-. The van der Waals surface area contributed by atoms with Gasteiger partial charge in [0.2, 0.25) is 0 Å². The van der Waals surface area contributed by atoms with Gasteiger partial charge in [-0.1, -0.05) is 35.4 Å². The first-order valence-corrected chi connectivity index (χ1v) is 13.8. The Bertz CT molecular complexity index is 1410. The summed E-state index contributed by atoms with van der Waals surface area (Å²) in [6.07, 6.45) is 1.70. The molecule has 10 heteroatoms. The highest BCUT2D eigenvalue weighted by Crippen LogP contribution is 2.38. The molecule has 34 heavy (non-hydrogen) atoms. The van der Waals surface area contributed by atoms with Crippen LogP contribution in [0.2, 0.25) is 0 Å². The van der Waals surface area contributed by atoms with Gasteiger partial charge in [-0.3, -0.25) is 4.79 Å². The Hall–Kier alpha value is -2.40. The number of thioether (sulfide) groups is 1. The molecule has 0 unspecified atom stereocenters. The first kappa shape index (κ1) is 24.7. The average molecular weight is 622 g/mol. The molecule has 3 aromatic carbocycles. The number of amidine groups is 1. The predicted octanol–water partition coefficient (Wildman–Crippen LogP) is 6.49. The maximum absolute atomic E-state index is 12.7. The summed E-state index contributed by atoms with van der Waals surface area (Å²) in [6.45, 7) is 3.87. The molecule has 174 valence electrons. The minimum Gasteiger partial charge on any atom is -0.377 e.